The molecule has 1 aromatic carbocycles. The van der Waals surface area contributed by atoms with Crippen molar-refractivity contribution < 1.29 is 15.3 Å². The molecule has 0 amide bonds. The first kappa shape index (κ1) is 15.3. The number of hydrogen-bond donors (Lipinski definition) is 4. The Bertz CT molecular complexity index is 399. The standard InChI is InChI=1S/C14H22O3S/c1-14(2,3)9-4-5-11(15)10(8-9)13(17)12(16)6-7-18/h4-5,8,12-13,15-18H,6-7H2,1-3H3. The van der Waals surface area contributed by atoms with Crippen LogP contribution in [0.15, 0.2) is 18.2 Å². The zero-order valence-corrected chi connectivity index (χ0v) is 12.0. The van der Waals surface area contributed by atoms with Gasteiger partial charge in [-0.15, -0.1) is 0 Å². The number of hydrogen-bond acceptors (Lipinski definition) is 4. The zero-order valence-electron chi connectivity index (χ0n) is 11.1. The number of aliphatic hydroxyl groups excluding tert-OH is 2. The van der Waals surface area contributed by atoms with Gasteiger partial charge < -0.3 is 15.3 Å². The topological polar surface area (TPSA) is 60.7 Å². The summed E-state index contributed by atoms with van der Waals surface area (Å²) in [4.78, 5) is 0. The summed E-state index contributed by atoms with van der Waals surface area (Å²) in [5, 5.41) is 29.6. The van der Waals surface area contributed by atoms with Gasteiger partial charge in [-0.2, -0.15) is 12.6 Å². The van der Waals surface area contributed by atoms with Gasteiger partial charge in [0.2, 0.25) is 0 Å². The molecule has 1 rings (SSSR count). The fourth-order valence-corrected chi connectivity index (χ4v) is 2.02. The zero-order chi connectivity index (χ0) is 13.9. The molecule has 2 unspecified atom stereocenters. The first-order valence-electron chi connectivity index (χ1n) is 6.07. The van der Waals surface area contributed by atoms with Gasteiger partial charge in [0.05, 0.1) is 6.10 Å². The molecule has 0 saturated heterocycles. The van der Waals surface area contributed by atoms with E-state index in [0.29, 0.717) is 17.7 Å². The van der Waals surface area contributed by atoms with Gasteiger partial charge >= 0.3 is 0 Å². The second kappa shape index (κ2) is 5.95. The molecule has 0 heterocycles. The average molecular weight is 270 g/mol. The van der Waals surface area contributed by atoms with Crippen molar-refractivity contribution in [2.45, 2.75) is 44.8 Å². The van der Waals surface area contributed by atoms with Gasteiger partial charge in [-0.3, -0.25) is 0 Å². The molecule has 0 radical (unpaired) electrons. The first-order chi connectivity index (χ1) is 8.27. The molecule has 0 saturated carbocycles. The number of aliphatic hydroxyl groups is 2. The Labute approximate surface area is 114 Å². The average Bonchev–Trinajstić information content (AvgIpc) is 2.27. The Kier molecular flexibility index (Phi) is 5.08. The van der Waals surface area contributed by atoms with E-state index < -0.39 is 12.2 Å². The summed E-state index contributed by atoms with van der Waals surface area (Å²) in [5.41, 5.74) is 1.31. The lowest BCUT2D eigenvalue weighted by atomic mass is 9.85. The fraction of sp³-hybridized carbons (Fsp3) is 0.571. The highest BCUT2D eigenvalue weighted by Gasteiger charge is 2.23. The number of aromatic hydroxyl groups is 1. The molecule has 3 N–H and O–H groups in total. The van der Waals surface area contributed by atoms with Crippen molar-refractivity contribution in [3.8, 4) is 5.75 Å². The van der Waals surface area contributed by atoms with E-state index in [0.717, 1.165) is 5.56 Å². The van der Waals surface area contributed by atoms with E-state index in [1.807, 2.05) is 6.07 Å². The van der Waals surface area contributed by atoms with E-state index in [-0.39, 0.29) is 11.2 Å². The van der Waals surface area contributed by atoms with E-state index in [2.05, 4.69) is 33.4 Å². The Morgan fingerprint density at radius 2 is 1.83 bits per heavy atom. The maximum atomic E-state index is 10.0. The predicted molar refractivity (Wildman–Crippen MR) is 76.2 cm³/mol. The number of rotatable bonds is 4. The van der Waals surface area contributed by atoms with Crippen LogP contribution in [0.5, 0.6) is 5.75 Å². The second-order valence-electron chi connectivity index (χ2n) is 5.55. The number of phenolic OH excluding ortho intramolecular Hbond substituents is 1. The minimum Gasteiger partial charge on any atom is -0.508 e. The van der Waals surface area contributed by atoms with E-state index in [1.54, 1.807) is 12.1 Å². The van der Waals surface area contributed by atoms with Crippen LogP contribution < -0.4 is 0 Å². The van der Waals surface area contributed by atoms with Crippen molar-refractivity contribution in [1.29, 1.82) is 0 Å². The third-order valence-corrected chi connectivity index (χ3v) is 3.26. The highest BCUT2D eigenvalue weighted by Crippen LogP contribution is 2.32. The molecule has 102 valence electrons. The van der Waals surface area contributed by atoms with Gasteiger partial charge in [-0.25, -0.2) is 0 Å². The summed E-state index contributed by atoms with van der Waals surface area (Å²) < 4.78 is 0. The van der Waals surface area contributed by atoms with Crippen molar-refractivity contribution >= 4 is 12.6 Å². The lowest BCUT2D eigenvalue weighted by Crippen LogP contribution is -2.20. The third-order valence-electron chi connectivity index (χ3n) is 3.00. The lowest BCUT2D eigenvalue weighted by molar-refractivity contribution is 0.0158. The Hall–Kier alpha value is -0.710. The maximum absolute atomic E-state index is 10.0. The van der Waals surface area contributed by atoms with E-state index in [4.69, 9.17) is 0 Å². The monoisotopic (exact) mass is 270 g/mol. The van der Waals surface area contributed by atoms with Gasteiger partial charge in [0.1, 0.15) is 11.9 Å². The minimum atomic E-state index is -1.08. The minimum absolute atomic E-state index is 0.00807. The fourth-order valence-electron chi connectivity index (χ4n) is 1.76. The summed E-state index contributed by atoms with van der Waals surface area (Å²) in [5.74, 6) is 0.492. The smallest absolute Gasteiger partial charge is 0.121 e. The van der Waals surface area contributed by atoms with E-state index in [1.165, 1.54) is 0 Å². The Balaban J connectivity index is 3.08. The van der Waals surface area contributed by atoms with Crippen molar-refractivity contribution in [3.05, 3.63) is 29.3 Å². The van der Waals surface area contributed by atoms with Crippen LogP contribution in [0.2, 0.25) is 0 Å². The molecule has 1 aromatic rings. The van der Waals surface area contributed by atoms with Crippen molar-refractivity contribution in [2.75, 3.05) is 5.75 Å². The Morgan fingerprint density at radius 1 is 1.22 bits per heavy atom. The molecule has 4 heteroatoms. The van der Waals surface area contributed by atoms with Crippen LogP contribution in [0.1, 0.15) is 44.4 Å². The number of benzene rings is 1. The van der Waals surface area contributed by atoms with Crippen LogP contribution in [0, 0.1) is 0 Å². The van der Waals surface area contributed by atoms with E-state index >= 15 is 0 Å². The van der Waals surface area contributed by atoms with Crippen molar-refractivity contribution in [2.24, 2.45) is 0 Å². The molecule has 18 heavy (non-hydrogen) atoms. The van der Waals surface area contributed by atoms with Gasteiger partial charge in [0, 0.05) is 5.56 Å². The van der Waals surface area contributed by atoms with Crippen LogP contribution in [-0.4, -0.2) is 27.2 Å². The van der Waals surface area contributed by atoms with E-state index in [9.17, 15) is 15.3 Å². The number of thiol groups is 1. The van der Waals surface area contributed by atoms with Crippen LogP contribution in [-0.2, 0) is 5.41 Å². The third kappa shape index (κ3) is 3.64. The molecular formula is C14H22O3S. The quantitative estimate of drug-likeness (QED) is 0.635. The molecule has 3 nitrogen and oxygen atoms in total. The molecule has 0 aromatic heterocycles. The second-order valence-corrected chi connectivity index (χ2v) is 6.00. The molecule has 0 spiro atoms. The van der Waals surface area contributed by atoms with Crippen molar-refractivity contribution in [3.63, 3.8) is 0 Å². The van der Waals surface area contributed by atoms with Crippen LogP contribution >= 0.6 is 12.6 Å². The van der Waals surface area contributed by atoms with Crippen LogP contribution in [0.3, 0.4) is 0 Å². The molecule has 2 atom stereocenters. The first-order valence-corrected chi connectivity index (χ1v) is 6.71. The summed E-state index contributed by atoms with van der Waals surface area (Å²) in [6, 6.07) is 5.14. The molecule has 0 aliphatic carbocycles. The Morgan fingerprint density at radius 3 is 2.33 bits per heavy atom. The lowest BCUT2D eigenvalue weighted by Gasteiger charge is -2.23. The molecule has 0 aliphatic rings. The van der Waals surface area contributed by atoms with Crippen molar-refractivity contribution in [1.82, 2.24) is 0 Å². The van der Waals surface area contributed by atoms with Crippen LogP contribution in [0.4, 0.5) is 0 Å². The SMILES string of the molecule is CC(C)(C)c1ccc(O)c(C(O)C(O)CCS)c1. The summed E-state index contributed by atoms with van der Waals surface area (Å²) in [6.45, 7) is 6.17. The predicted octanol–water partition coefficient (Wildman–Crippen LogP) is 2.40. The highest BCUT2D eigenvalue weighted by atomic mass is 32.1. The van der Waals surface area contributed by atoms with Gasteiger partial charge in [-0.1, -0.05) is 26.8 Å². The molecule has 0 bridgehead atoms. The maximum Gasteiger partial charge on any atom is 0.121 e. The largest absolute Gasteiger partial charge is 0.508 e. The normalized spacial score (nSPS) is 15.4. The van der Waals surface area contributed by atoms with Crippen LogP contribution in [0.25, 0.3) is 0 Å². The van der Waals surface area contributed by atoms with Gasteiger partial charge in [0.25, 0.3) is 0 Å². The summed E-state index contributed by atoms with van der Waals surface area (Å²) in [6.07, 6.45) is -1.62. The number of phenols is 1. The van der Waals surface area contributed by atoms with Gasteiger partial charge in [0.15, 0.2) is 0 Å². The molecule has 0 fully saturated rings. The molecular weight excluding hydrogens is 248 g/mol. The molecule has 0 aliphatic heterocycles. The summed E-state index contributed by atoms with van der Waals surface area (Å²) >= 11 is 4.03. The highest BCUT2D eigenvalue weighted by molar-refractivity contribution is 7.80. The van der Waals surface area contributed by atoms with Gasteiger partial charge in [-0.05, 0) is 35.3 Å². The summed E-state index contributed by atoms with van der Waals surface area (Å²) in [7, 11) is 0.